The van der Waals surface area contributed by atoms with Crippen LogP contribution in [-0.2, 0) is 17.7 Å². The van der Waals surface area contributed by atoms with Crippen molar-refractivity contribution >= 4 is 0 Å². The van der Waals surface area contributed by atoms with Crippen molar-refractivity contribution in [1.29, 1.82) is 0 Å². The number of fused-ring (bicyclic) bond motifs is 1. The van der Waals surface area contributed by atoms with E-state index in [1.165, 1.54) is 5.69 Å². The maximum Gasteiger partial charge on any atom is 0.105 e. The molecule has 2 rings (SSSR count). The van der Waals surface area contributed by atoms with Crippen molar-refractivity contribution in [2.45, 2.75) is 25.9 Å². The molecule has 2 heterocycles. The van der Waals surface area contributed by atoms with E-state index in [1.54, 1.807) is 7.11 Å². The first-order valence-corrected chi connectivity index (χ1v) is 5.01. The van der Waals surface area contributed by atoms with Crippen molar-refractivity contribution < 1.29 is 4.74 Å². The third kappa shape index (κ3) is 1.53. The molecule has 0 spiro atoms. The van der Waals surface area contributed by atoms with E-state index in [4.69, 9.17) is 4.74 Å². The summed E-state index contributed by atoms with van der Waals surface area (Å²) in [4.78, 5) is 0. The average Bonchev–Trinajstić information content (AvgIpc) is 2.62. The summed E-state index contributed by atoms with van der Waals surface area (Å²) in [5, 5.41) is 11.7. The lowest BCUT2D eigenvalue weighted by molar-refractivity contribution is 0.162. The van der Waals surface area contributed by atoms with Crippen molar-refractivity contribution in [3.8, 4) is 0 Å². The Bertz CT molecular complexity index is 310. The molecular weight excluding hydrogens is 180 g/mol. The summed E-state index contributed by atoms with van der Waals surface area (Å²) < 4.78 is 7.11. The Balaban J connectivity index is 2.26. The number of hydrogen-bond acceptors (Lipinski definition) is 4. The highest BCUT2D eigenvalue weighted by atomic mass is 16.5. The fourth-order valence-corrected chi connectivity index (χ4v) is 1.89. The average molecular weight is 196 g/mol. The Morgan fingerprint density at radius 3 is 3.21 bits per heavy atom. The predicted molar refractivity (Wildman–Crippen MR) is 52.0 cm³/mol. The molecule has 0 saturated carbocycles. The number of rotatable bonds is 3. The Labute approximate surface area is 83.4 Å². The van der Waals surface area contributed by atoms with Crippen LogP contribution >= 0.6 is 0 Å². The highest BCUT2D eigenvalue weighted by Crippen LogP contribution is 2.20. The molecular formula is C9H16N4O. The summed E-state index contributed by atoms with van der Waals surface area (Å²) in [5.41, 5.74) is 2.31. The minimum atomic E-state index is 0.212. The molecule has 0 unspecified atom stereocenters. The van der Waals surface area contributed by atoms with Gasteiger partial charge in [-0.1, -0.05) is 5.21 Å². The molecule has 1 aromatic rings. The Kier molecular flexibility index (Phi) is 2.79. The molecule has 78 valence electrons. The van der Waals surface area contributed by atoms with Crippen LogP contribution in [0, 0.1) is 0 Å². The van der Waals surface area contributed by atoms with Crippen molar-refractivity contribution in [2.75, 3.05) is 20.3 Å². The molecule has 1 atom stereocenters. The molecule has 0 amide bonds. The highest BCUT2D eigenvalue weighted by Gasteiger charge is 2.24. The fourth-order valence-electron chi connectivity index (χ4n) is 1.89. The Hall–Kier alpha value is -0.940. The summed E-state index contributed by atoms with van der Waals surface area (Å²) in [6, 6.07) is 0.212. The van der Waals surface area contributed by atoms with Crippen LogP contribution in [0.4, 0.5) is 0 Å². The van der Waals surface area contributed by atoms with Gasteiger partial charge in [0, 0.05) is 26.6 Å². The monoisotopic (exact) mass is 196 g/mol. The lowest BCUT2D eigenvalue weighted by atomic mass is 10.1. The number of aromatic nitrogens is 3. The van der Waals surface area contributed by atoms with Crippen LogP contribution in [0.3, 0.4) is 0 Å². The van der Waals surface area contributed by atoms with E-state index in [0.717, 1.165) is 25.2 Å². The number of aryl methyl sites for hydroxylation is 1. The topological polar surface area (TPSA) is 52.0 Å². The van der Waals surface area contributed by atoms with Gasteiger partial charge in [0.25, 0.3) is 0 Å². The van der Waals surface area contributed by atoms with E-state index in [9.17, 15) is 0 Å². The standard InChI is InChI=1S/C9H16N4O/c1-3-13-8-4-5-10-7(6-14-2)9(8)11-12-13/h7,10H,3-6H2,1-2H3/t7-/m0/s1. The fraction of sp³-hybridized carbons (Fsp3) is 0.778. The van der Waals surface area contributed by atoms with E-state index in [-0.39, 0.29) is 6.04 Å². The van der Waals surface area contributed by atoms with Crippen LogP contribution in [0.15, 0.2) is 0 Å². The van der Waals surface area contributed by atoms with Gasteiger partial charge in [0.15, 0.2) is 0 Å². The molecule has 0 radical (unpaired) electrons. The summed E-state index contributed by atoms with van der Waals surface area (Å²) in [5.74, 6) is 0. The zero-order valence-electron chi connectivity index (χ0n) is 8.66. The summed E-state index contributed by atoms with van der Waals surface area (Å²) in [6.45, 7) is 4.62. The van der Waals surface area contributed by atoms with E-state index >= 15 is 0 Å². The smallest absolute Gasteiger partial charge is 0.105 e. The van der Waals surface area contributed by atoms with Gasteiger partial charge >= 0.3 is 0 Å². The summed E-state index contributed by atoms with van der Waals surface area (Å²) >= 11 is 0. The molecule has 1 aliphatic heterocycles. The van der Waals surface area contributed by atoms with Crippen LogP contribution in [0.5, 0.6) is 0 Å². The zero-order valence-corrected chi connectivity index (χ0v) is 8.66. The molecule has 14 heavy (non-hydrogen) atoms. The van der Waals surface area contributed by atoms with Gasteiger partial charge in [-0.25, -0.2) is 4.68 Å². The van der Waals surface area contributed by atoms with Gasteiger partial charge in [-0.3, -0.25) is 0 Å². The second kappa shape index (κ2) is 4.06. The molecule has 0 bridgehead atoms. The quantitative estimate of drug-likeness (QED) is 0.746. The van der Waals surface area contributed by atoms with Gasteiger partial charge in [-0.2, -0.15) is 0 Å². The van der Waals surface area contributed by atoms with E-state index < -0.39 is 0 Å². The van der Waals surface area contributed by atoms with Gasteiger partial charge in [-0.15, -0.1) is 5.10 Å². The Morgan fingerprint density at radius 2 is 2.50 bits per heavy atom. The second-order valence-corrected chi connectivity index (χ2v) is 3.45. The third-order valence-electron chi connectivity index (χ3n) is 2.58. The van der Waals surface area contributed by atoms with E-state index in [1.807, 2.05) is 4.68 Å². The minimum Gasteiger partial charge on any atom is -0.383 e. The summed E-state index contributed by atoms with van der Waals surface area (Å²) in [6.07, 6.45) is 1.01. The molecule has 0 fully saturated rings. The molecule has 0 aromatic carbocycles. The molecule has 1 aromatic heterocycles. The van der Waals surface area contributed by atoms with Gasteiger partial charge in [-0.05, 0) is 6.92 Å². The van der Waals surface area contributed by atoms with Crippen LogP contribution in [0.25, 0.3) is 0 Å². The number of methoxy groups -OCH3 is 1. The van der Waals surface area contributed by atoms with Gasteiger partial charge in [0.2, 0.25) is 0 Å². The van der Waals surface area contributed by atoms with Crippen LogP contribution in [0.2, 0.25) is 0 Å². The first kappa shape index (κ1) is 9.61. The molecule has 5 nitrogen and oxygen atoms in total. The van der Waals surface area contributed by atoms with Crippen molar-refractivity contribution in [3.63, 3.8) is 0 Å². The maximum absolute atomic E-state index is 5.14. The minimum absolute atomic E-state index is 0.212. The first-order chi connectivity index (χ1) is 6.86. The number of ether oxygens (including phenoxy) is 1. The molecule has 0 aliphatic carbocycles. The van der Waals surface area contributed by atoms with Gasteiger partial charge in [0.1, 0.15) is 5.69 Å². The molecule has 1 N–H and O–H groups in total. The predicted octanol–water partition coefficient (Wildman–Crippen LogP) is 0.131. The summed E-state index contributed by atoms with van der Waals surface area (Å²) in [7, 11) is 1.71. The number of nitrogens with zero attached hydrogens (tertiary/aromatic N) is 3. The molecule has 0 saturated heterocycles. The zero-order chi connectivity index (χ0) is 9.97. The van der Waals surface area contributed by atoms with Gasteiger partial charge < -0.3 is 10.1 Å². The Morgan fingerprint density at radius 1 is 1.64 bits per heavy atom. The number of nitrogens with one attached hydrogen (secondary N) is 1. The normalized spacial score (nSPS) is 20.9. The molecule has 5 heteroatoms. The lowest BCUT2D eigenvalue weighted by Crippen LogP contribution is -2.33. The maximum atomic E-state index is 5.14. The van der Waals surface area contributed by atoms with Crippen molar-refractivity contribution in [3.05, 3.63) is 11.4 Å². The van der Waals surface area contributed by atoms with Crippen LogP contribution in [-0.4, -0.2) is 35.3 Å². The van der Waals surface area contributed by atoms with E-state index in [0.29, 0.717) is 6.61 Å². The molecule has 1 aliphatic rings. The van der Waals surface area contributed by atoms with Crippen molar-refractivity contribution in [1.82, 2.24) is 20.3 Å². The number of hydrogen-bond donors (Lipinski definition) is 1. The van der Waals surface area contributed by atoms with Crippen molar-refractivity contribution in [2.24, 2.45) is 0 Å². The van der Waals surface area contributed by atoms with Crippen LogP contribution in [0.1, 0.15) is 24.4 Å². The first-order valence-electron chi connectivity index (χ1n) is 5.01. The second-order valence-electron chi connectivity index (χ2n) is 3.45. The van der Waals surface area contributed by atoms with E-state index in [2.05, 4.69) is 22.6 Å². The van der Waals surface area contributed by atoms with Gasteiger partial charge in [0.05, 0.1) is 18.3 Å². The third-order valence-corrected chi connectivity index (χ3v) is 2.58. The largest absolute Gasteiger partial charge is 0.383 e. The van der Waals surface area contributed by atoms with Crippen LogP contribution < -0.4 is 5.32 Å². The SMILES string of the molecule is CCn1nnc2c1CCN[C@H]2COC. The highest BCUT2D eigenvalue weighted by molar-refractivity contribution is 5.18. The lowest BCUT2D eigenvalue weighted by Gasteiger charge is -2.22.